The summed E-state index contributed by atoms with van der Waals surface area (Å²) in [6, 6.07) is 3.90. The second kappa shape index (κ2) is 6.20. The van der Waals surface area contributed by atoms with Gasteiger partial charge in [-0.05, 0) is 24.6 Å². The van der Waals surface area contributed by atoms with E-state index >= 15 is 0 Å². The normalized spacial score (nSPS) is 12.0. The minimum absolute atomic E-state index is 0.0532. The smallest absolute Gasteiger partial charge is 0.251 e. The number of carbonyl (C=O) groups is 1. The monoisotopic (exact) mass is 240 g/mol. The van der Waals surface area contributed by atoms with Crippen LogP contribution >= 0.6 is 0 Å². The molecule has 0 aliphatic heterocycles. The van der Waals surface area contributed by atoms with E-state index in [0.717, 1.165) is 6.42 Å². The van der Waals surface area contributed by atoms with Gasteiger partial charge < -0.3 is 15.8 Å². The van der Waals surface area contributed by atoms with Crippen molar-refractivity contribution >= 4 is 5.91 Å². The molecule has 5 heteroatoms. The maximum atomic E-state index is 13.1. The van der Waals surface area contributed by atoms with Gasteiger partial charge in [-0.15, -0.1) is 0 Å². The predicted molar refractivity (Wildman–Crippen MR) is 63.6 cm³/mol. The van der Waals surface area contributed by atoms with Gasteiger partial charge in [0.1, 0.15) is 0 Å². The lowest BCUT2D eigenvalue weighted by molar-refractivity contribution is 0.0950. The summed E-state index contributed by atoms with van der Waals surface area (Å²) < 4.78 is 17.9. The molecule has 3 N–H and O–H groups in total. The lowest BCUT2D eigenvalue weighted by atomic mass is 10.2. The number of nitrogens with one attached hydrogen (secondary N) is 1. The van der Waals surface area contributed by atoms with Crippen LogP contribution in [-0.2, 0) is 0 Å². The van der Waals surface area contributed by atoms with Crippen LogP contribution < -0.4 is 15.8 Å². The number of hydrogen-bond donors (Lipinski definition) is 2. The van der Waals surface area contributed by atoms with Crippen molar-refractivity contribution in [3.8, 4) is 5.75 Å². The van der Waals surface area contributed by atoms with Crippen molar-refractivity contribution in [2.75, 3.05) is 13.7 Å². The van der Waals surface area contributed by atoms with Crippen LogP contribution in [0.3, 0.4) is 0 Å². The predicted octanol–water partition coefficient (Wildman–Crippen LogP) is 1.30. The summed E-state index contributed by atoms with van der Waals surface area (Å²) in [5, 5.41) is 2.68. The van der Waals surface area contributed by atoms with E-state index in [2.05, 4.69) is 5.32 Å². The summed E-state index contributed by atoms with van der Waals surface area (Å²) in [6.45, 7) is 2.34. The fourth-order valence-electron chi connectivity index (χ4n) is 1.27. The standard InChI is InChI=1S/C12H17FN2O2/c1-3-9(14)7-15-12(16)8-4-5-10(13)11(6-8)17-2/h4-6,9H,3,7,14H2,1-2H3,(H,15,16). The van der Waals surface area contributed by atoms with Crippen molar-refractivity contribution < 1.29 is 13.9 Å². The van der Waals surface area contributed by atoms with Crippen molar-refractivity contribution in [1.82, 2.24) is 5.32 Å². The molecule has 1 amide bonds. The fourth-order valence-corrected chi connectivity index (χ4v) is 1.27. The quantitative estimate of drug-likeness (QED) is 0.815. The summed E-state index contributed by atoms with van der Waals surface area (Å²) >= 11 is 0. The molecule has 1 atom stereocenters. The van der Waals surface area contributed by atoms with Gasteiger partial charge in [0, 0.05) is 18.2 Å². The molecule has 1 unspecified atom stereocenters. The number of carbonyl (C=O) groups excluding carboxylic acids is 1. The van der Waals surface area contributed by atoms with Crippen molar-refractivity contribution in [3.63, 3.8) is 0 Å². The molecule has 1 rings (SSSR count). The lowest BCUT2D eigenvalue weighted by Gasteiger charge is -2.11. The molecule has 17 heavy (non-hydrogen) atoms. The summed E-state index contributed by atoms with van der Waals surface area (Å²) in [5.74, 6) is -0.723. The van der Waals surface area contributed by atoms with E-state index in [1.807, 2.05) is 6.92 Å². The average Bonchev–Trinajstić information content (AvgIpc) is 2.35. The molecule has 0 fully saturated rings. The lowest BCUT2D eigenvalue weighted by Crippen LogP contribution is -2.36. The van der Waals surface area contributed by atoms with Gasteiger partial charge in [0.15, 0.2) is 11.6 Å². The molecule has 0 aliphatic rings. The van der Waals surface area contributed by atoms with E-state index in [1.54, 1.807) is 0 Å². The molecule has 0 radical (unpaired) electrons. The van der Waals surface area contributed by atoms with Crippen molar-refractivity contribution in [2.24, 2.45) is 5.73 Å². The molecule has 0 heterocycles. The van der Waals surface area contributed by atoms with Gasteiger partial charge in [0.05, 0.1) is 7.11 Å². The summed E-state index contributed by atoms with van der Waals surface area (Å²) in [4.78, 5) is 11.7. The molecular weight excluding hydrogens is 223 g/mol. The fraction of sp³-hybridized carbons (Fsp3) is 0.417. The van der Waals surface area contributed by atoms with Crippen LogP contribution in [0.4, 0.5) is 4.39 Å². The van der Waals surface area contributed by atoms with Crippen LogP contribution in [0.25, 0.3) is 0 Å². The second-order valence-corrected chi connectivity index (χ2v) is 3.73. The number of ether oxygens (including phenoxy) is 1. The minimum Gasteiger partial charge on any atom is -0.494 e. The molecule has 0 saturated carbocycles. The van der Waals surface area contributed by atoms with E-state index in [1.165, 1.54) is 25.3 Å². The molecule has 0 bridgehead atoms. The van der Waals surface area contributed by atoms with E-state index in [4.69, 9.17) is 10.5 Å². The maximum Gasteiger partial charge on any atom is 0.251 e. The number of benzene rings is 1. The zero-order chi connectivity index (χ0) is 12.8. The first kappa shape index (κ1) is 13.4. The Balaban J connectivity index is 2.69. The highest BCUT2D eigenvalue weighted by Crippen LogP contribution is 2.17. The Kier molecular flexibility index (Phi) is 4.90. The Morgan fingerprint density at radius 3 is 2.88 bits per heavy atom. The van der Waals surface area contributed by atoms with Crippen LogP contribution in [0.1, 0.15) is 23.7 Å². The summed E-state index contributed by atoms with van der Waals surface area (Å²) in [6.07, 6.45) is 0.785. The number of hydrogen-bond acceptors (Lipinski definition) is 3. The Morgan fingerprint density at radius 1 is 1.59 bits per heavy atom. The zero-order valence-electron chi connectivity index (χ0n) is 10.00. The largest absolute Gasteiger partial charge is 0.494 e. The molecule has 0 aliphatic carbocycles. The first-order chi connectivity index (χ1) is 8.08. The van der Waals surface area contributed by atoms with Gasteiger partial charge in [-0.1, -0.05) is 6.92 Å². The third-order valence-corrected chi connectivity index (χ3v) is 2.46. The second-order valence-electron chi connectivity index (χ2n) is 3.73. The molecule has 4 nitrogen and oxygen atoms in total. The highest BCUT2D eigenvalue weighted by Gasteiger charge is 2.10. The third kappa shape index (κ3) is 3.71. The van der Waals surface area contributed by atoms with E-state index in [0.29, 0.717) is 12.1 Å². The molecule has 1 aromatic carbocycles. The summed E-state index contributed by atoms with van der Waals surface area (Å²) in [7, 11) is 1.35. The molecule has 0 spiro atoms. The Hall–Kier alpha value is -1.62. The Labute approximate surface area is 100.0 Å². The van der Waals surface area contributed by atoms with E-state index < -0.39 is 5.82 Å². The number of rotatable bonds is 5. The molecule has 0 aromatic heterocycles. The van der Waals surface area contributed by atoms with Crippen LogP contribution in [0.15, 0.2) is 18.2 Å². The van der Waals surface area contributed by atoms with Crippen LogP contribution in [0.2, 0.25) is 0 Å². The zero-order valence-corrected chi connectivity index (χ0v) is 10.00. The Morgan fingerprint density at radius 2 is 2.29 bits per heavy atom. The number of amides is 1. The summed E-state index contributed by atoms with van der Waals surface area (Å²) in [5.41, 5.74) is 6.03. The van der Waals surface area contributed by atoms with Crippen LogP contribution in [-0.4, -0.2) is 25.6 Å². The number of halogens is 1. The molecular formula is C12H17FN2O2. The van der Waals surface area contributed by atoms with Crippen molar-refractivity contribution in [3.05, 3.63) is 29.6 Å². The van der Waals surface area contributed by atoms with Crippen molar-refractivity contribution in [2.45, 2.75) is 19.4 Å². The van der Waals surface area contributed by atoms with E-state index in [9.17, 15) is 9.18 Å². The number of nitrogens with two attached hydrogens (primary N) is 1. The molecule has 1 aromatic rings. The highest BCUT2D eigenvalue weighted by atomic mass is 19.1. The third-order valence-electron chi connectivity index (χ3n) is 2.46. The average molecular weight is 240 g/mol. The van der Waals surface area contributed by atoms with Gasteiger partial charge in [-0.3, -0.25) is 4.79 Å². The van der Waals surface area contributed by atoms with Gasteiger partial charge in [0.2, 0.25) is 0 Å². The SMILES string of the molecule is CCC(N)CNC(=O)c1ccc(F)c(OC)c1. The van der Waals surface area contributed by atoms with Crippen molar-refractivity contribution in [1.29, 1.82) is 0 Å². The maximum absolute atomic E-state index is 13.1. The van der Waals surface area contributed by atoms with E-state index in [-0.39, 0.29) is 17.7 Å². The van der Waals surface area contributed by atoms with Gasteiger partial charge in [0.25, 0.3) is 5.91 Å². The molecule has 94 valence electrons. The number of methoxy groups -OCH3 is 1. The first-order valence-electron chi connectivity index (χ1n) is 5.45. The van der Waals surface area contributed by atoms with Gasteiger partial charge >= 0.3 is 0 Å². The Bertz CT molecular complexity index is 396. The first-order valence-corrected chi connectivity index (χ1v) is 5.45. The highest BCUT2D eigenvalue weighted by molar-refractivity contribution is 5.94. The topological polar surface area (TPSA) is 64.3 Å². The van der Waals surface area contributed by atoms with Gasteiger partial charge in [-0.25, -0.2) is 4.39 Å². The molecule has 0 saturated heterocycles. The van der Waals surface area contributed by atoms with Crippen LogP contribution in [0, 0.1) is 5.82 Å². The van der Waals surface area contributed by atoms with Crippen LogP contribution in [0.5, 0.6) is 5.75 Å². The van der Waals surface area contributed by atoms with Gasteiger partial charge in [-0.2, -0.15) is 0 Å². The minimum atomic E-state index is -0.491.